The van der Waals surface area contributed by atoms with Gasteiger partial charge in [-0.15, -0.1) is 0 Å². The summed E-state index contributed by atoms with van der Waals surface area (Å²) in [6.07, 6.45) is 3.39. The van der Waals surface area contributed by atoms with Crippen LogP contribution in [0.25, 0.3) is 33.8 Å². The van der Waals surface area contributed by atoms with Crippen molar-refractivity contribution in [2.45, 2.75) is 0 Å². The number of anilines is 1. The van der Waals surface area contributed by atoms with Crippen molar-refractivity contribution in [2.75, 3.05) is 12.4 Å². The molecule has 0 saturated carbocycles. The fourth-order valence-corrected chi connectivity index (χ4v) is 4.01. The summed E-state index contributed by atoms with van der Waals surface area (Å²) in [5.74, 6) is 0.243. The van der Waals surface area contributed by atoms with Crippen LogP contribution in [0.5, 0.6) is 5.75 Å². The third-order valence-corrected chi connectivity index (χ3v) is 5.83. The predicted molar refractivity (Wildman–Crippen MR) is 142 cm³/mol. The van der Waals surface area contributed by atoms with Gasteiger partial charge in [-0.05, 0) is 53.9 Å². The number of methoxy groups -OCH3 is 1. The highest BCUT2D eigenvalue weighted by atomic mass is 16.5. The molecule has 6 nitrogen and oxygen atoms in total. The Morgan fingerprint density at radius 1 is 0.944 bits per heavy atom. The van der Waals surface area contributed by atoms with Gasteiger partial charge in [0, 0.05) is 28.4 Å². The maximum absolute atomic E-state index is 13.2. The summed E-state index contributed by atoms with van der Waals surface area (Å²) in [5, 5.41) is 19.5. The summed E-state index contributed by atoms with van der Waals surface area (Å²) in [5.41, 5.74) is 3.62. The van der Waals surface area contributed by atoms with Crippen molar-refractivity contribution in [3.63, 3.8) is 0 Å². The zero-order chi connectivity index (χ0) is 24.9. The standard InChI is InChI=1S/C30H22N4O2/c1-36-26-16-14-22(15-17-26)29-24(20-34(33-29)25-10-3-2-4-11-25)18-23(19-31)30(35)32-28-13-7-9-21-8-5-6-12-27(21)28/h2-18,20H,1H3,(H,32,35)/b23-18+. The first-order valence-corrected chi connectivity index (χ1v) is 11.4. The van der Waals surface area contributed by atoms with Gasteiger partial charge in [0.1, 0.15) is 17.4 Å². The Labute approximate surface area is 208 Å². The smallest absolute Gasteiger partial charge is 0.266 e. The van der Waals surface area contributed by atoms with Gasteiger partial charge >= 0.3 is 0 Å². The number of fused-ring (bicyclic) bond motifs is 1. The first-order chi connectivity index (χ1) is 17.7. The lowest BCUT2D eigenvalue weighted by Crippen LogP contribution is -2.13. The van der Waals surface area contributed by atoms with Crippen molar-refractivity contribution in [1.29, 1.82) is 5.26 Å². The number of nitrogens with zero attached hydrogens (tertiary/aromatic N) is 3. The van der Waals surface area contributed by atoms with E-state index in [1.165, 1.54) is 0 Å². The first-order valence-electron chi connectivity index (χ1n) is 11.4. The van der Waals surface area contributed by atoms with E-state index in [-0.39, 0.29) is 5.57 Å². The predicted octanol–water partition coefficient (Wildman–Crippen LogP) is 6.25. The molecule has 6 heteroatoms. The Bertz CT molecular complexity index is 1610. The molecule has 5 rings (SSSR count). The van der Waals surface area contributed by atoms with Crippen LogP contribution in [0.15, 0.2) is 109 Å². The molecule has 36 heavy (non-hydrogen) atoms. The highest BCUT2D eigenvalue weighted by Gasteiger charge is 2.16. The molecule has 174 valence electrons. The Kier molecular flexibility index (Phi) is 6.29. The van der Waals surface area contributed by atoms with Crippen LogP contribution in [0.1, 0.15) is 5.56 Å². The maximum Gasteiger partial charge on any atom is 0.266 e. The van der Waals surface area contributed by atoms with E-state index in [9.17, 15) is 10.1 Å². The van der Waals surface area contributed by atoms with Crippen molar-refractivity contribution in [1.82, 2.24) is 9.78 Å². The molecule has 0 aliphatic rings. The van der Waals surface area contributed by atoms with Crippen molar-refractivity contribution in [2.24, 2.45) is 0 Å². The summed E-state index contributed by atoms with van der Waals surface area (Å²) >= 11 is 0. The lowest BCUT2D eigenvalue weighted by atomic mass is 10.1. The number of nitrogens with one attached hydrogen (secondary N) is 1. The van der Waals surface area contributed by atoms with Crippen LogP contribution in [0.2, 0.25) is 0 Å². The molecular formula is C30H22N4O2. The van der Waals surface area contributed by atoms with Crippen LogP contribution in [-0.2, 0) is 4.79 Å². The number of amides is 1. The number of benzene rings is 4. The second-order valence-corrected chi connectivity index (χ2v) is 8.09. The summed E-state index contributed by atoms with van der Waals surface area (Å²) < 4.78 is 7.02. The average molecular weight is 471 g/mol. The number of para-hydroxylation sites is 1. The molecule has 0 aliphatic carbocycles. The van der Waals surface area contributed by atoms with Gasteiger partial charge in [-0.25, -0.2) is 4.68 Å². The van der Waals surface area contributed by atoms with E-state index < -0.39 is 5.91 Å². The molecule has 0 bridgehead atoms. The van der Waals surface area contributed by atoms with E-state index in [0.717, 1.165) is 27.8 Å². The van der Waals surface area contributed by atoms with Crippen molar-refractivity contribution in [3.05, 3.63) is 114 Å². The Morgan fingerprint density at radius 2 is 1.67 bits per heavy atom. The number of ether oxygens (including phenoxy) is 1. The molecule has 0 radical (unpaired) electrons. The number of rotatable bonds is 6. The Hall–Kier alpha value is -5.15. The zero-order valence-electron chi connectivity index (χ0n) is 19.6. The van der Waals surface area contributed by atoms with Gasteiger partial charge in [0.2, 0.25) is 0 Å². The van der Waals surface area contributed by atoms with Crippen LogP contribution in [0, 0.1) is 11.3 Å². The van der Waals surface area contributed by atoms with Crippen molar-refractivity contribution >= 4 is 28.4 Å². The molecule has 0 spiro atoms. The quantitative estimate of drug-likeness (QED) is 0.235. The normalized spacial score (nSPS) is 11.2. The minimum atomic E-state index is -0.484. The Morgan fingerprint density at radius 3 is 2.42 bits per heavy atom. The van der Waals surface area contributed by atoms with Gasteiger partial charge in [-0.3, -0.25) is 4.79 Å². The monoisotopic (exact) mass is 470 g/mol. The minimum Gasteiger partial charge on any atom is -0.497 e. The van der Waals surface area contributed by atoms with Crippen LogP contribution in [-0.4, -0.2) is 22.8 Å². The molecule has 0 saturated heterocycles. The summed E-state index contributed by atoms with van der Waals surface area (Å²) in [6.45, 7) is 0. The summed E-state index contributed by atoms with van der Waals surface area (Å²) in [4.78, 5) is 13.2. The lowest BCUT2D eigenvalue weighted by molar-refractivity contribution is -0.112. The largest absolute Gasteiger partial charge is 0.497 e. The number of carbonyl (C=O) groups is 1. The average Bonchev–Trinajstić information content (AvgIpc) is 3.36. The fourth-order valence-electron chi connectivity index (χ4n) is 4.01. The van der Waals surface area contributed by atoms with Crippen LogP contribution >= 0.6 is 0 Å². The minimum absolute atomic E-state index is 0.0229. The van der Waals surface area contributed by atoms with Crippen molar-refractivity contribution in [3.8, 4) is 28.8 Å². The molecule has 0 atom stereocenters. The molecule has 1 heterocycles. The number of carbonyl (C=O) groups excluding carboxylic acids is 1. The fraction of sp³-hybridized carbons (Fsp3) is 0.0333. The molecule has 0 unspecified atom stereocenters. The van der Waals surface area contributed by atoms with Gasteiger partial charge in [0.05, 0.1) is 18.5 Å². The molecule has 4 aromatic carbocycles. The zero-order valence-corrected chi connectivity index (χ0v) is 19.6. The van der Waals surface area contributed by atoms with E-state index in [0.29, 0.717) is 16.9 Å². The molecule has 5 aromatic rings. The van der Waals surface area contributed by atoms with Crippen LogP contribution in [0.3, 0.4) is 0 Å². The molecule has 1 aromatic heterocycles. The lowest BCUT2D eigenvalue weighted by Gasteiger charge is -2.08. The van der Waals surface area contributed by atoms with Crippen LogP contribution < -0.4 is 10.1 Å². The van der Waals surface area contributed by atoms with E-state index in [4.69, 9.17) is 9.84 Å². The molecule has 0 aliphatic heterocycles. The number of hydrogen-bond acceptors (Lipinski definition) is 4. The van der Waals surface area contributed by atoms with Gasteiger partial charge in [-0.2, -0.15) is 10.4 Å². The highest BCUT2D eigenvalue weighted by molar-refractivity contribution is 6.13. The topological polar surface area (TPSA) is 79.9 Å². The summed E-state index contributed by atoms with van der Waals surface area (Å²) in [7, 11) is 1.61. The third kappa shape index (κ3) is 4.59. The van der Waals surface area contributed by atoms with Gasteiger partial charge in [0.25, 0.3) is 5.91 Å². The van der Waals surface area contributed by atoms with E-state index in [1.54, 1.807) is 17.9 Å². The highest BCUT2D eigenvalue weighted by Crippen LogP contribution is 2.28. The first kappa shape index (κ1) is 22.6. The van der Waals surface area contributed by atoms with Gasteiger partial charge in [0.15, 0.2) is 0 Å². The second kappa shape index (κ2) is 10.00. The molecule has 1 amide bonds. The van der Waals surface area contributed by atoms with Gasteiger partial charge in [-0.1, -0.05) is 54.6 Å². The third-order valence-electron chi connectivity index (χ3n) is 5.83. The Balaban J connectivity index is 1.55. The number of hydrogen-bond donors (Lipinski definition) is 1. The van der Waals surface area contributed by atoms with E-state index in [1.807, 2.05) is 103 Å². The molecule has 1 N–H and O–H groups in total. The van der Waals surface area contributed by atoms with E-state index in [2.05, 4.69) is 11.4 Å². The summed E-state index contributed by atoms with van der Waals surface area (Å²) in [6, 6.07) is 32.7. The van der Waals surface area contributed by atoms with Gasteiger partial charge < -0.3 is 10.1 Å². The molecular weight excluding hydrogens is 448 g/mol. The van der Waals surface area contributed by atoms with Crippen LogP contribution in [0.4, 0.5) is 5.69 Å². The SMILES string of the molecule is COc1ccc(-c2nn(-c3ccccc3)cc2/C=C(\C#N)C(=O)Nc2cccc3ccccc23)cc1. The van der Waals surface area contributed by atoms with E-state index >= 15 is 0 Å². The maximum atomic E-state index is 13.2. The number of aromatic nitrogens is 2. The molecule has 0 fully saturated rings. The van der Waals surface area contributed by atoms with Crippen molar-refractivity contribution < 1.29 is 9.53 Å². The second-order valence-electron chi connectivity index (χ2n) is 8.09. The number of nitriles is 1.